The molecule has 1 aromatic carbocycles. The molecule has 17 heavy (non-hydrogen) atoms. The number of rotatable bonds is 2. The molecule has 5 heteroatoms. The van der Waals surface area contributed by atoms with Gasteiger partial charge in [-0.2, -0.15) is 0 Å². The first kappa shape index (κ1) is 10.7. The van der Waals surface area contributed by atoms with Crippen molar-refractivity contribution in [1.82, 2.24) is 9.97 Å². The molecule has 0 amide bonds. The van der Waals surface area contributed by atoms with Gasteiger partial charge in [-0.25, -0.2) is 0 Å². The quantitative estimate of drug-likeness (QED) is 0.542. The normalized spacial score (nSPS) is 11.2. The number of aromatic amines is 1. The van der Waals surface area contributed by atoms with E-state index < -0.39 is 0 Å². The average Bonchev–Trinajstić information content (AvgIpc) is 2.75. The van der Waals surface area contributed by atoms with E-state index in [1.807, 2.05) is 18.5 Å². The molecule has 0 fully saturated rings. The third-order valence-electron chi connectivity index (χ3n) is 2.85. The smallest absolute Gasteiger partial charge is 0.0868 e. The minimum atomic E-state index is 0.924. The maximum Gasteiger partial charge on any atom is 0.0868 e. The van der Waals surface area contributed by atoms with Gasteiger partial charge in [0, 0.05) is 33.6 Å². The van der Waals surface area contributed by atoms with Gasteiger partial charge in [-0.15, -0.1) is 11.8 Å². The van der Waals surface area contributed by atoms with Crippen LogP contribution in [0.2, 0.25) is 0 Å². The summed E-state index contributed by atoms with van der Waals surface area (Å²) in [5.41, 5.74) is 2.97. The highest BCUT2D eigenvalue weighted by Crippen LogP contribution is 2.36. The molecule has 2 heterocycles. The number of halogens is 1. The Morgan fingerprint density at radius 2 is 2.18 bits per heavy atom. The Hall–Kier alpha value is -1.39. The van der Waals surface area contributed by atoms with Gasteiger partial charge in [0.15, 0.2) is 0 Å². The third-order valence-corrected chi connectivity index (χ3v) is 3.82. The molecule has 0 unspecified atom stereocenters. The molecule has 3 nitrogen and oxygen atoms in total. The Balaban J connectivity index is 2.47. The summed E-state index contributed by atoms with van der Waals surface area (Å²) in [6.07, 6.45) is 5.65. The van der Waals surface area contributed by atoms with Gasteiger partial charge >= 0.3 is 0 Å². The zero-order chi connectivity index (χ0) is 11.8. The van der Waals surface area contributed by atoms with Gasteiger partial charge in [-0.1, -0.05) is 6.07 Å². The molecule has 3 aromatic rings. The molecular weight excluding hydrogens is 254 g/mol. The van der Waals surface area contributed by atoms with Gasteiger partial charge in [0.1, 0.15) is 0 Å². The Labute approximate surface area is 108 Å². The SMILES string of the molecule is CSc1ccc2c([nH]c3cnccc32)c1NCl. The Morgan fingerprint density at radius 1 is 1.29 bits per heavy atom. The van der Waals surface area contributed by atoms with Crippen LogP contribution in [0.15, 0.2) is 35.5 Å². The van der Waals surface area contributed by atoms with Crippen molar-refractivity contribution in [3.05, 3.63) is 30.6 Å². The first-order chi connectivity index (χ1) is 8.35. The van der Waals surface area contributed by atoms with E-state index >= 15 is 0 Å². The largest absolute Gasteiger partial charge is 0.351 e. The van der Waals surface area contributed by atoms with Crippen LogP contribution < -0.4 is 4.84 Å². The molecule has 2 aromatic heterocycles. The highest BCUT2D eigenvalue weighted by molar-refractivity contribution is 7.98. The number of hydrogen-bond donors (Lipinski definition) is 2. The first-order valence-corrected chi connectivity index (χ1v) is 6.74. The second-order valence-electron chi connectivity index (χ2n) is 3.71. The van der Waals surface area contributed by atoms with Gasteiger partial charge in [0.05, 0.1) is 22.9 Å². The van der Waals surface area contributed by atoms with Crippen LogP contribution in [0.1, 0.15) is 0 Å². The molecule has 0 spiro atoms. The van der Waals surface area contributed by atoms with E-state index in [9.17, 15) is 0 Å². The lowest BCUT2D eigenvalue weighted by molar-refractivity contribution is 1.35. The van der Waals surface area contributed by atoms with Gasteiger partial charge in [-0.05, 0) is 18.4 Å². The summed E-state index contributed by atoms with van der Waals surface area (Å²) in [6.45, 7) is 0. The van der Waals surface area contributed by atoms with Crippen LogP contribution in [0.4, 0.5) is 5.69 Å². The van der Waals surface area contributed by atoms with Crippen LogP contribution >= 0.6 is 23.5 Å². The van der Waals surface area contributed by atoms with Gasteiger partial charge in [0.2, 0.25) is 0 Å². The van der Waals surface area contributed by atoms with E-state index in [2.05, 4.69) is 26.9 Å². The Bertz CT molecular complexity index is 693. The van der Waals surface area contributed by atoms with Gasteiger partial charge < -0.3 is 4.98 Å². The average molecular weight is 264 g/mol. The molecule has 0 aliphatic carbocycles. The van der Waals surface area contributed by atoms with Crippen molar-refractivity contribution in [3.8, 4) is 0 Å². The fourth-order valence-corrected chi connectivity index (χ4v) is 2.88. The summed E-state index contributed by atoms with van der Waals surface area (Å²) in [4.78, 5) is 11.3. The zero-order valence-corrected chi connectivity index (χ0v) is 10.7. The van der Waals surface area contributed by atoms with E-state index in [1.54, 1.807) is 18.0 Å². The number of aromatic nitrogens is 2. The van der Waals surface area contributed by atoms with E-state index in [0.29, 0.717) is 0 Å². The number of H-pyrrole nitrogens is 1. The number of fused-ring (bicyclic) bond motifs is 3. The van der Waals surface area contributed by atoms with Gasteiger partial charge in [0.25, 0.3) is 0 Å². The summed E-state index contributed by atoms with van der Waals surface area (Å²) < 4.78 is 0. The molecule has 0 saturated heterocycles. The molecule has 2 N–H and O–H groups in total. The number of anilines is 1. The fourth-order valence-electron chi connectivity index (χ4n) is 2.07. The van der Waals surface area contributed by atoms with Crippen LogP contribution in [0.5, 0.6) is 0 Å². The molecule has 0 radical (unpaired) electrons. The van der Waals surface area contributed by atoms with Crippen molar-refractivity contribution >= 4 is 51.0 Å². The van der Waals surface area contributed by atoms with E-state index in [1.165, 1.54) is 0 Å². The zero-order valence-electron chi connectivity index (χ0n) is 9.12. The minimum absolute atomic E-state index is 0.924. The van der Waals surface area contributed by atoms with E-state index in [-0.39, 0.29) is 0 Å². The number of thioether (sulfide) groups is 1. The molecular formula is C12H10ClN3S. The number of nitrogens with zero attached hydrogens (tertiary/aromatic N) is 1. The Morgan fingerprint density at radius 3 is 2.94 bits per heavy atom. The summed E-state index contributed by atoms with van der Waals surface area (Å²) >= 11 is 7.48. The molecule has 3 rings (SSSR count). The van der Waals surface area contributed by atoms with Crippen LogP contribution in [-0.2, 0) is 0 Å². The van der Waals surface area contributed by atoms with E-state index in [0.717, 1.165) is 32.4 Å². The Kier molecular flexibility index (Phi) is 2.61. The van der Waals surface area contributed by atoms with Crippen molar-refractivity contribution < 1.29 is 0 Å². The molecule has 86 valence electrons. The number of hydrogen-bond acceptors (Lipinski definition) is 3. The lowest BCUT2D eigenvalue weighted by Crippen LogP contribution is -1.86. The molecule has 0 saturated carbocycles. The van der Waals surface area contributed by atoms with Crippen molar-refractivity contribution in [2.24, 2.45) is 0 Å². The lowest BCUT2D eigenvalue weighted by Gasteiger charge is -2.06. The minimum Gasteiger partial charge on any atom is -0.351 e. The number of nitrogens with one attached hydrogen (secondary N) is 2. The fraction of sp³-hybridized carbons (Fsp3) is 0.0833. The highest BCUT2D eigenvalue weighted by atomic mass is 35.5. The monoisotopic (exact) mass is 263 g/mol. The molecule has 0 bridgehead atoms. The second-order valence-corrected chi connectivity index (χ2v) is 4.74. The summed E-state index contributed by atoms with van der Waals surface area (Å²) in [6, 6.07) is 6.19. The number of pyridine rings is 1. The standard InChI is InChI=1S/C12H10ClN3S/c1-17-10-3-2-8-7-4-5-14-6-9(7)15-11(8)12(10)16-13/h2-6,15-16H,1H3. The topological polar surface area (TPSA) is 40.7 Å². The van der Waals surface area contributed by atoms with Crippen molar-refractivity contribution in [2.75, 3.05) is 11.1 Å². The third kappa shape index (κ3) is 1.56. The molecule has 0 aliphatic rings. The van der Waals surface area contributed by atoms with Crippen LogP contribution in [0, 0.1) is 0 Å². The summed E-state index contributed by atoms with van der Waals surface area (Å²) in [5, 5.41) is 2.32. The predicted octanol–water partition coefficient (Wildman–Crippen LogP) is 4.00. The summed E-state index contributed by atoms with van der Waals surface area (Å²) in [7, 11) is 0. The van der Waals surface area contributed by atoms with E-state index in [4.69, 9.17) is 11.8 Å². The maximum absolute atomic E-state index is 5.82. The van der Waals surface area contributed by atoms with Crippen molar-refractivity contribution in [1.29, 1.82) is 0 Å². The van der Waals surface area contributed by atoms with Crippen molar-refractivity contribution in [3.63, 3.8) is 0 Å². The molecule has 0 aliphatic heterocycles. The maximum atomic E-state index is 5.82. The second kappa shape index (κ2) is 4.13. The van der Waals surface area contributed by atoms with Crippen molar-refractivity contribution in [2.45, 2.75) is 4.90 Å². The first-order valence-electron chi connectivity index (χ1n) is 5.14. The van der Waals surface area contributed by atoms with Crippen LogP contribution in [0.3, 0.4) is 0 Å². The summed E-state index contributed by atoms with van der Waals surface area (Å²) in [5.74, 6) is 0. The van der Waals surface area contributed by atoms with Gasteiger partial charge in [-0.3, -0.25) is 9.82 Å². The van der Waals surface area contributed by atoms with Crippen LogP contribution in [0.25, 0.3) is 21.8 Å². The molecule has 0 atom stereocenters. The lowest BCUT2D eigenvalue weighted by atomic mass is 10.2. The highest BCUT2D eigenvalue weighted by Gasteiger charge is 2.11. The number of benzene rings is 1. The van der Waals surface area contributed by atoms with Crippen LogP contribution in [-0.4, -0.2) is 16.2 Å². The predicted molar refractivity (Wildman–Crippen MR) is 74.9 cm³/mol.